The number of rotatable bonds is 7. The highest BCUT2D eigenvalue weighted by Crippen LogP contribution is 2.36. The molecule has 27 heavy (non-hydrogen) atoms. The van der Waals surface area contributed by atoms with Gasteiger partial charge in [-0.05, 0) is 62.5 Å². The van der Waals surface area contributed by atoms with Crippen molar-refractivity contribution in [2.75, 3.05) is 12.0 Å². The minimum Gasteiger partial charge on any atom is -0.382 e. The fourth-order valence-corrected chi connectivity index (χ4v) is 4.04. The van der Waals surface area contributed by atoms with Crippen molar-refractivity contribution < 1.29 is 9.63 Å². The number of oxime groups is 1. The number of thioether (sulfide) groups is 1. The van der Waals surface area contributed by atoms with Gasteiger partial charge >= 0.3 is 0 Å². The molecule has 1 aromatic heterocycles. The SMILES string of the molecule is CSCCCC(=O)c1ccc(C2=NOC(C)(c3cc(C)nn3C)C2)cc1C. The van der Waals surface area contributed by atoms with Crippen LogP contribution in [-0.2, 0) is 17.5 Å². The third kappa shape index (κ3) is 4.10. The van der Waals surface area contributed by atoms with Crippen LogP contribution in [0.25, 0.3) is 0 Å². The zero-order valence-corrected chi connectivity index (χ0v) is 17.5. The van der Waals surface area contributed by atoms with Gasteiger partial charge in [0.25, 0.3) is 0 Å². The molecule has 2 heterocycles. The van der Waals surface area contributed by atoms with Gasteiger partial charge in [0.05, 0.1) is 17.1 Å². The van der Waals surface area contributed by atoms with Crippen LogP contribution in [-0.4, -0.2) is 33.3 Å². The Kier molecular flexibility index (Phi) is 5.75. The first-order valence-electron chi connectivity index (χ1n) is 9.23. The Hall–Kier alpha value is -2.08. The van der Waals surface area contributed by atoms with Crippen LogP contribution in [0, 0.1) is 13.8 Å². The average molecular weight is 386 g/mol. The van der Waals surface area contributed by atoms with Crippen molar-refractivity contribution in [3.8, 4) is 0 Å². The molecule has 1 unspecified atom stereocenters. The molecule has 1 aliphatic rings. The lowest BCUT2D eigenvalue weighted by Crippen LogP contribution is -2.25. The van der Waals surface area contributed by atoms with Gasteiger partial charge in [0, 0.05) is 25.5 Å². The summed E-state index contributed by atoms with van der Waals surface area (Å²) in [5, 5.41) is 8.77. The first kappa shape index (κ1) is 19.7. The molecule has 3 rings (SSSR count). The van der Waals surface area contributed by atoms with Gasteiger partial charge < -0.3 is 4.84 Å². The minimum absolute atomic E-state index is 0.216. The molecule has 0 radical (unpaired) electrons. The van der Waals surface area contributed by atoms with E-state index in [1.165, 1.54) is 0 Å². The normalized spacial score (nSPS) is 19.1. The molecule has 144 valence electrons. The van der Waals surface area contributed by atoms with Crippen molar-refractivity contribution in [1.29, 1.82) is 0 Å². The first-order valence-corrected chi connectivity index (χ1v) is 10.6. The zero-order valence-electron chi connectivity index (χ0n) is 16.7. The second-order valence-corrected chi connectivity index (χ2v) is 8.37. The molecule has 1 aromatic carbocycles. The Bertz CT molecular complexity index is 888. The average Bonchev–Trinajstić information content (AvgIpc) is 3.18. The summed E-state index contributed by atoms with van der Waals surface area (Å²) in [5.41, 5.74) is 5.17. The molecule has 0 aliphatic carbocycles. The molecule has 6 heteroatoms. The number of hydrogen-bond donors (Lipinski definition) is 0. The van der Waals surface area contributed by atoms with Crippen molar-refractivity contribution in [3.05, 3.63) is 52.3 Å². The van der Waals surface area contributed by atoms with E-state index in [0.717, 1.165) is 46.0 Å². The maximum atomic E-state index is 12.4. The molecule has 1 atom stereocenters. The summed E-state index contributed by atoms with van der Waals surface area (Å²) < 4.78 is 1.86. The highest BCUT2D eigenvalue weighted by atomic mass is 32.2. The maximum absolute atomic E-state index is 12.4. The number of aromatic nitrogens is 2. The Morgan fingerprint density at radius 2 is 2.11 bits per heavy atom. The molecule has 0 spiro atoms. The van der Waals surface area contributed by atoms with E-state index < -0.39 is 5.60 Å². The van der Waals surface area contributed by atoms with Gasteiger partial charge in [-0.1, -0.05) is 17.3 Å². The zero-order chi connectivity index (χ0) is 19.6. The van der Waals surface area contributed by atoms with E-state index in [1.54, 1.807) is 11.8 Å². The highest BCUT2D eigenvalue weighted by Gasteiger charge is 2.39. The van der Waals surface area contributed by atoms with E-state index in [4.69, 9.17) is 4.84 Å². The summed E-state index contributed by atoms with van der Waals surface area (Å²) in [6.45, 7) is 6.00. The van der Waals surface area contributed by atoms with Gasteiger partial charge in [0.1, 0.15) is 0 Å². The Labute approximate surface area is 165 Å². The summed E-state index contributed by atoms with van der Waals surface area (Å²) in [4.78, 5) is 18.3. The van der Waals surface area contributed by atoms with Crippen molar-refractivity contribution in [2.24, 2.45) is 12.2 Å². The quantitative estimate of drug-likeness (QED) is 0.523. The summed E-state index contributed by atoms with van der Waals surface area (Å²) in [6.07, 6.45) is 4.26. The number of nitrogens with zero attached hydrogens (tertiary/aromatic N) is 3. The predicted molar refractivity (Wildman–Crippen MR) is 111 cm³/mol. The van der Waals surface area contributed by atoms with Crippen LogP contribution < -0.4 is 0 Å². The summed E-state index contributed by atoms with van der Waals surface area (Å²) in [6, 6.07) is 8.00. The number of Topliss-reactive ketones (excluding diaryl/α,β-unsaturated/α-hetero) is 1. The smallest absolute Gasteiger partial charge is 0.181 e. The van der Waals surface area contributed by atoms with E-state index in [9.17, 15) is 4.79 Å². The molecular weight excluding hydrogens is 358 g/mol. The van der Waals surface area contributed by atoms with Crippen molar-refractivity contribution in [2.45, 2.75) is 45.6 Å². The second kappa shape index (κ2) is 7.89. The van der Waals surface area contributed by atoms with Crippen LogP contribution in [0.1, 0.15) is 59.1 Å². The lowest BCUT2D eigenvalue weighted by atomic mass is 9.91. The molecule has 0 saturated carbocycles. The molecule has 0 saturated heterocycles. The lowest BCUT2D eigenvalue weighted by Gasteiger charge is -2.21. The topological polar surface area (TPSA) is 56.5 Å². The molecule has 5 nitrogen and oxygen atoms in total. The van der Waals surface area contributed by atoms with Crippen LogP contribution in [0.15, 0.2) is 29.4 Å². The number of benzene rings is 1. The van der Waals surface area contributed by atoms with E-state index in [-0.39, 0.29) is 5.78 Å². The van der Waals surface area contributed by atoms with Crippen LogP contribution in [0.2, 0.25) is 0 Å². The summed E-state index contributed by atoms with van der Waals surface area (Å²) in [5.74, 6) is 1.23. The van der Waals surface area contributed by atoms with Crippen LogP contribution in [0.3, 0.4) is 0 Å². The van der Waals surface area contributed by atoms with Crippen molar-refractivity contribution in [1.82, 2.24) is 9.78 Å². The number of carbonyl (C=O) groups is 1. The monoisotopic (exact) mass is 385 g/mol. The van der Waals surface area contributed by atoms with Crippen LogP contribution in [0.5, 0.6) is 0 Å². The standard InChI is InChI=1S/C21H27N3O2S/c1-14-11-16(8-9-17(14)19(25)7-6-10-27-5)18-13-21(3,26-23-18)20-12-15(2)22-24(20)4/h8-9,11-12H,6-7,10,13H2,1-5H3. The molecule has 0 bridgehead atoms. The first-order chi connectivity index (χ1) is 12.8. The molecule has 2 aromatic rings. The Morgan fingerprint density at radius 3 is 2.74 bits per heavy atom. The molecular formula is C21H27N3O2S. The van der Waals surface area contributed by atoms with Gasteiger partial charge in [-0.25, -0.2) is 0 Å². The predicted octanol–water partition coefficient (Wildman–Crippen LogP) is 4.40. The number of ketones is 1. The number of carbonyl (C=O) groups excluding carboxylic acids is 1. The third-order valence-electron chi connectivity index (χ3n) is 5.02. The lowest BCUT2D eigenvalue weighted by molar-refractivity contribution is -0.0135. The summed E-state index contributed by atoms with van der Waals surface area (Å²) >= 11 is 1.77. The number of hydrogen-bond acceptors (Lipinski definition) is 5. The maximum Gasteiger partial charge on any atom is 0.181 e. The van der Waals surface area contributed by atoms with Crippen LogP contribution >= 0.6 is 11.8 Å². The fraction of sp³-hybridized carbons (Fsp3) is 0.476. The van der Waals surface area contributed by atoms with Gasteiger partial charge in [-0.15, -0.1) is 0 Å². The summed E-state index contributed by atoms with van der Waals surface area (Å²) in [7, 11) is 1.93. The largest absolute Gasteiger partial charge is 0.382 e. The molecule has 0 amide bonds. The second-order valence-electron chi connectivity index (χ2n) is 7.38. The minimum atomic E-state index is -0.522. The van der Waals surface area contributed by atoms with Crippen molar-refractivity contribution in [3.63, 3.8) is 0 Å². The van der Waals surface area contributed by atoms with E-state index in [1.807, 2.05) is 56.8 Å². The van der Waals surface area contributed by atoms with Gasteiger partial charge in [-0.2, -0.15) is 16.9 Å². The van der Waals surface area contributed by atoms with Crippen LogP contribution in [0.4, 0.5) is 0 Å². The number of aryl methyl sites for hydroxylation is 3. The van der Waals surface area contributed by atoms with E-state index in [0.29, 0.717) is 12.8 Å². The highest BCUT2D eigenvalue weighted by molar-refractivity contribution is 7.98. The Balaban J connectivity index is 1.75. The van der Waals surface area contributed by atoms with Gasteiger partial charge in [-0.3, -0.25) is 9.48 Å². The van der Waals surface area contributed by atoms with E-state index >= 15 is 0 Å². The van der Waals surface area contributed by atoms with Gasteiger partial charge in [0.2, 0.25) is 0 Å². The van der Waals surface area contributed by atoms with E-state index in [2.05, 4.69) is 16.5 Å². The molecule has 1 aliphatic heterocycles. The Morgan fingerprint density at radius 1 is 1.33 bits per heavy atom. The van der Waals surface area contributed by atoms with Crippen molar-refractivity contribution >= 4 is 23.3 Å². The molecule has 0 fully saturated rings. The van der Waals surface area contributed by atoms with Gasteiger partial charge in [0.15, 0.2) is 11.4 Å². The molecule has 0 N–H and O–H groups in total. The fourth-order valence-electron chi connectivity index (χ4n) is 3.61. The third-order valence-corrected chi connectivity index (χ3v) is 5.72.